The molecule has 0 aromatic heterocycles. The number of carbonyl (C=O) groups is 1. The number of likely N-dealkylation sites (tertiary alicyclic amines) is 1. The number of nitrogens with zero attached hydrogens (tertiary/aromatic N) is 2. The summed E-state index contributed by atoms with van der Waals surface area (Å²) in [7, 11) is 0. The molecule has 1 amide bonds. The van der Waals surface area contributed by atoms with E-state index < -0.39 is 0 Å². The van der Waals surface area contributed by atoms with Gasteiger partial charge in [0.1, 0.15) is 0 Å². The number of rotatable bonds is 4. The molecule has 2 atom stereocenters. The van der Waals surface area contributed by atoms with Crippen LogP contribution in [0, 0.1) is 0 Å². The van der Waals surface area contributed by atoms with Crippen molar-refractivity contribution in [3.05, 3.63) is 69.2 Å². The highest BCUT2D eigenvalue weighted by Gasteiger charge is 2.36. The third-order valence-electron chi connectivity index (χ3n) is 6.00. The maximum atomic E-state index is 13.4. The van der Waals surface area contributed by atoms with Gasteiger partial charge in [-0.25, -0.2) is 0 Å². The Morgan fingerprint density at radius 1 is 1.07 bits per heavy atom. The highest BCUT2D eigenvalue weighted by molar-refractivity contribution is 6.42. The van der Waals surface area contributed by atoms with E-state index in [1.165, 1.54) is 24.0 Å². The normalized spacial score (nSPS) is 22.3. The molecule has 2 heterocycles. The Morgan fingerprint density at radius 2 is 1.82 bits per heavy atom. The fraction of sp³-hybridized carbons (Fsp3) is 0.435. The average molecular weight is 417 g/mol. The molecule has 0 N–H and O–H groups in total. The van der Waals surface area contributed by atoms with Crippen molar-refractivity contribution in [1.29, 1.82) is 0 Å². The Kier molecular flexibility index (Phi) is 5.96. The summed E-state index contributed by atoms with van der Waals surface area (Å²) in [5.74, 6) is 0.157. The lowest BCUT2D eigenvalue weighted by Crippen LogP contribution is -2.49. The Bertz CT molecular complexity index is 863. The third-order valence-corrected chi connectivity index (χ3v) is 6.74. The van der Waals surface area contributed by atoms with E-state index in [1.54, 1.807) is 12.1 Å². The van der Waals surface area contributed by atoms with E-state index in [-0.39, 0.29) is 18.0 Å². The molecule has 0 spiro atoms. The van der Waals surface area contributed by atoms with Crippen molar-refractivity contribution in [3.63, 3.8) is 0 Å². The van der Waals surface area contributed by atoms with Crippen LogP contribution in [0.3, 0.4) is 0 Å². The molecule has 0 saturated carbocycles. The minimum Gasteiger partial charge on any atom is -0.331 e. The van der Waals surface area contributed by atoms with Gasteiger partial charge < -0.3 is 9.80 Å². The number of fused-ring (bicyclic) bond motifs is 1. The third kappa shape index (κ3) is 4.07. The maximum absolute atomic E-state index is 13.4. The maximum Gasteiger partial charge on any atom is 0.227 e. The van der Waals surface area contributed by atoms with Crippen molar-refractivity contribution in [2.24, 2.45) is 0 Å². The molecule has 2 aliphatic rings. The molecule has 4 rings (SSSR count). The Morgan fingerprint density at radius 3 is 2.57 bits per heavy atom. The van der Waals surface area contributed by atoms with Crippen LogP contribution >= 0.6 is 23.2 Å². The van der Waals surface area contributed by atoms with Crippen LogP contribution in [0.25, 0.3) is 0 Å². The van der Waals surface area contributed by atoms with Crippen LogP contribution in [-0.2, 0) is 17.6 Å². The van der Waals surface area contributed by atoms with Crippen molar-refractivity contribution in [3.8, 4) is 0 Å². The summed E-state index contributed by atoms with van der Waals surface area (Å²) in [6, 6.07) is 14.4. The second-order valence-corrected chi connectivity index (χ2v) is 8.82. The quantitative estimate of drug-likeness (QED) is 0.687. The number of amides is 1. The van der Waals surface area contributed by atoms with E-state index >= 15 is 0 Å². The lowest BCUT2D eigenvalue weighted by molar-refractivity contribution is -0.136. The summed E-state index contributed by atoms with van der Waals surface area (Å²) in [4.78, 5) is 18.0. The summed E-state index contributed by atoms with van der Waals surface area (Å²) in [5, 5.41) is 1.02. The molecule has 0 unspecified atom stereocenters. The SMILES string of the molecule is C[C@H]1Cc2ccccc2[C@H](CN2CCCC2)N1C(=O)Cc1ccc(Cl)c(Cl)c1. The van der Waals surface area contributed by atoms with Crippen molar-refractivity contribution >= 4 is 29.1 Å². The van der Waals surface area contributed by atoms with Crippen LogP contribution in [0.15, 0.2) is 42.5 Å². The molecular weight excluding hydrogens is 391 g/mol. The number of carbonyl (C=O) groups excluding carboxylic acids is 1. The van der Waals surface area contributed by atoms with Gasteiger partial charge in [-0.3, -0.25) is 4.79 Å². The summed E-state index contributed by atoms with van der Waals surface area (Å²) >= 11 is 12.2. The van der Waals surface area contributed by atoms with Gasteiger partial charge in [0.15, 0.2) is 0 Å². The predicted octanol–water partition coefficient (Wildman–Crippen LogP) is 5.15. The molecule has 1 saturated heterocycles. The number of benzene rings is 2. The van der Waals surface area contributed by atoms with Crippen LogP contribution in [0.5, 0.6) is 0 Å². The topological polar surface area (TPSA) is 23.6 Å². The Hall–Kier alpha value is -1.55. The first-order valence-electron chi connectivity index (χ1n) is 10.1. The molecule has 0 aliphatic carbocycles. The molecule has 0 radical (unpaired) electrons. The second kappa shape index (κ2) is 8.44. The van der Waals surface area contributed by atoms with Gasteiger partial charge in [0.25, 0.3) is 0 Å². The average Bonchev–Trinajstić information content (AvgIpc) is 3.18. The molecule has 1 fully saturated rings. The van der Waals surface area contributed by atoms with Crippen LogP contribution < -0.4 is 0 Å². The molecule has 3 nitrogen and oxygen atoms in total. The summed E-state index contributed by atoms with van der Waals surface area (Å²) in [6.45, 7) is 5.33. The molecule has 2 aromatic rings. The zero-order valence-corrected chi connectivity index (χ0v) is 17.7. The number of hydrogen-bond donors (Lipinski definition) is 0. The number of halogens is 2. The molecule has 148 valence electrons. The first-order valence-corrected chi connectivity index (χ1v) is 10.8. The van der Waals surface area contributed by atoms with Crippen LogP contribution in [-0.4, -0.2) is 41.4 Å². The standard InChI is InChI=1S/C23H26Cl2N2O/c1-16-12-18-6-2-3-7-19(18)22(15-26-10-4-5-11-26)27(16)23(28)14-17-8-9-20(24)21(25)13-17/h2-3,6-9,13,16,22H,4-5,10-12,14-15H2,1H3/t16-,22-/m0/s1. The van der Waals surface area contributed by atoms with Crippen LogP contribution in [0.4, 0.5) is 0 Å². The summed E-state index contributed by atoms with van der Waals surface area (Å²) in [6.07, 6.45) is 3.75. The zero-order chi connectivity index (χ0) is 19.7. The Labute approximate surface area is 177 Å². The van der Waals surface area contributed by atoms with Gasteiger partial charge in [-0.15, -0.1) is 0 Å². The van der Waals surface area contributed by atoms with E-state index in [0.717, 1.165) is 31.6 Å². The van der Waals surface area contributed by atoms with Crippen molar-refractivity contribution in [2.75, 3.05) is 19.6 Å². The highest BCUT2D eigenvalue weighted by Crippen LogP contribution is 2.35. The van der Waals surface area contributed by atoms with E-state index in [2.05, 4.69) is 41.0 Å². The van der Waals surface area contributed by atoms with Gasteiger partial charge >= 0.3 is 0 Å². The Balaban J connectivity index is 1.62. The van der Waals surface area contributed by atoms with Crippen LogP contribution in [0.2, 0.25) is 10.0 Å². The molecule has 2 aliphatic heterocycles. The lowest BCUT2D eigenvalue weighted by atomic mass is 9.87. The van der Waals surface area contributed by atoms with Crippen molar-refractivity contribution in [2.45, 2.75) is 44.7 Å². The van der Waals surface area contributed by atoms with Gasteiger partial charge in [0, 0.05) is 12.6 Å². The monoisotopic (exact) mass is 416 g/mol. The van der Waals surface area contributed by atoms with Crippen molar-refractivity contribution < 1.29 is 4.79 Å². The number of hydrogen-bond acceptors (Lipinski definition) is 2. The van der Waals surface area contributed by atoms with E-state index in [0.29, 0.717) is 16.5 Å². The predicted molar refractivity (Wildman–Crippen MR) is 115 cm³/mol. The minimum absolute atomic E-state index is 0.105. The van der Waals surface area contributed by atoms with Gasteiger partial charge in [-0.2, -0.15) is 0 Å². The first-order chi connectivity index (χ1) is 13.5. The summed E-state index contributed by atoms with van der Waals surface area (Å²) < 4.78 is 0. The zero-order valence-electron chi connectivity index (χ0n) is 16.2. The largest absolute Gasteiger partial charge is 0.331 e. The van der Waals surface area contributed by atoms with E-state index in [9.17, 15) is 4.79 Å². The molecular formula is C23H26Cl2N2O. The second-order valence-electron chi connectivity index (χ2n) is 8.00. The lowest BCUT2D eigenvalue weighted by Gasteiger charge is -2.43. The van der Waals surface area contributed by atoms with Crippen LogP contribution in [0.1, 0.15) is 42.5 Å². The fourth-order valence-electron chi connectivity index (χ4n) is 4.65. The fourth-order valence-corrected chi connectivity index (χ4v) is 4.97. The molecule has 28 heavy (non-hydrogen) atoms. The van der Waals surface area contributed by atoms with E-state index in [4.69, 9.17) is 23.2 Å². The molecule has 5 heteroatoms. The first kappa shape index (κ1) is 19.8. The highest BCUT2D eigenvalue weighted by atomic mass is 35.5. The molecule has 2 aromatic carbocycles. The van der Waals surface area contributed by atoms with Gasteiger partial charge in [-0.05, 0) is 68.1 Å². The smallest absolute Gasteiger partial charge is 0.227 e. The van der Waals surface area contributed by atoms with Crippen molar-refractivity contribution in [1.82, 2.24) is 9.80 Å². The van der Waals surface area contributed by atoms with Gasteiger partial charge in [0.2, 0.25) is 5.91 Å². The van der Waals surface area contributed by atoms with Gasteiger partial charge in [0.05, 0.1) is 22.5 Å². The molecule has 0 bridgehead atoms. The van der Waals surface area contributed by atoms with E-state index in [1.807, 2.05) is 6.07 Å². The minimum atomic E-state index is 0.105. The van der Waals surface area contributed by atoms with Gasteiger partial charge in [-0.1, -0.05) is 53.5 Å². The summed E-state index contributed by atoms with van der Waals surface area (Å²) in [5.41, 5.74) is 3.58.